The van der Waals surface area contributed by atoms with Crippen molar-refractivity contribution >= 4 is 70.7 Å². The maximum absolute atomic E-state index is 6.51. The van der Waals surface area contributed by atoms with Crippen molar-refractivity contribution in [2.45, 2.75) is 19.0 Å². The van der Waals surface area contributed by atoms with E-state index in [-0.39, 0.29) is 6.17 Å². The minimum Gasteiger partial charge on any atom is -0.456 e. The lowest BCUT2D eigenvalue weighted by molar-refractivity contribution is 0.669. The van der Waals surface area contributed by atoms with Crippen LogP contribution in [0, 0.1) is 0 Å². The standard InChI is InChI=1S/C54H36N6OS/c1-5-15-33(16-6-1)49-55-50(34-17-7-2-8-18-34)58-53(57-49)40-24-14-26-45-47(40)43-32-37(27-29-44(43)61-45)38-28-30-46-42(31-38)39-23-13-25-41(48(39)62-46)54-59-51(35-19-9-3-10-20-35)56-52(60-54)36-21-11-4-12-22-36/h1-7,9-17,19-32,51H,8,18H2,(H,56,59,60). The smallest absolute Gasteiger partial charge is 0.169 e. The number of fused-ring (bicyclic) bond motifs is 6. The third kappa shape index (κ3) is 6.40. The van der Waals surface area contributed by atoms with Crippen molar-refractivity contribution in [1.29, 1.82) is 0 Å². The van der Waals surface area contributed by atoms with Crippen LogP contribution in [0.1, 0.15) is 41.5 Å². The van der Waals surface area contributed by atoms with Gasteiger partial charge in [-0.15, -0.1) is 11.3 Å². The predicted octanol–water partition coefficient (Wildman–Crippen LogP) is 13.4. The number of thiophene rings is 1. The van der Waals surface area contributed by atoms with Gasteiger partial charge in [-0.1, -0.05) is 146 Å². The monoisotopic (exact) mass is 816 g/mol. The summed E-state index contributed by atoms with van der Waals surface area (Å²) in [5.41, 5.74) is 9.92. The van der Waals surface area contributed by atoms with E-state index in [2.05, 4.69) is 108 Å². The Balaban J connectivity index is 0.961. The van der Waals surface area contributed by atoms with Gasteiger partial charge in [0.2, 0.25) is 0 Å². The highest BCUT2D eigenvalue weighted by Gasteiger charge is 2.24. The molecule has 1 N–H and O–H groups in total. The van der Waals surface area contributed by atoms with Crippen LogP contribution in [0.3, 0.4) is 0 Å². The summed E-state index contributed by atoms with van der Waals surface area (Å²) in [6.45, 7) is 0. The quantitative estimate of drug-likeness (QED) is 0.173. The van der Waals surface area contributed by atoms with Crippen LogP contribution in [0.4, 0.5) is 0 Å². The summed E-state index contributed by atoms with van der Waals surface area (Å²) < 4.78 is 8.90. The molecular weight excluding hydrogens is 781 g/mol. The fourth-order valence-corrected chi connectivity index (χ4v) is 9.80. The summed E-state index contributed by atoms with van der Waals surface area (Å²) in [5, 5.41) is 8.00. The predicted molar refractivity (Wildman–Crippen MR) is 254 cm³/mol. The second-order valence-corrected chi connectivity index (χ2v) is 16.6. The molecule has 7 aromatic carbocycles. The number of aromatic nitrogens is 3. The average Bonchev–Trinajstić information content (AvgIpc) is 3.93. The van der Waals surface area contributed by atoms with Gasteiger partial charge >= 0.3 is 0 Å². The van der Waals surface area contributed by atoms with Crippen LogP contribution in [0.2, 0.25) is 0 Å². The molecule has 8 heteroatoms. The van der Waals surface area contributed by atoms with Crippen LogP contribution >= 0.6 is 11.3 Å². The van der Waals surface area contributed by atoms with Gasteiger partial charge in [0.1, 0.15) is 22.8 Å². The number of nitrogens with zero attached hydrogens (tertiary/aromatic N) is 5. The normalized spacial score (nSPS) is 15.2. The molecule has 1 atom stereocenters. The third-order valence-corrected chi connectivity index (χ3v) is 12.9. The van der Waals surface area contributed by atoms with Crippen LogP contribution in [-0.4, -0.2) is 26.6 Å². The fraction of sp³-hybridized carbons (Fsp3) is 0.0556. The number of rotatable bonds is 7. The van der Waals surface area contributed by atoms with Crippen LogP contribution in [0.5, 0.6) is 0 Å². The van der Waals surface area contributed by atoms with Crippen molar-refractivity contribution < 1.29 is 4.42 Å². The Morgan fingerprint density at radius 2 is 1.23 bits per heavy atom. The minimum absolute atomic E-state index is 0.363. The summed E-state index contributed by atoms with van der Waals surface area (Å²) in [4.78, 5) is 25.5. The molecule has 0 fully saturated rings. The van der Waals surface area contributed by atoms with Crippen molar-refractivity contribution in [3.05, 3.63) is 205 Å². The first-order valence-corrected chi connectivity index (χ1v) is 21.6. The van der Waals surface area contributed by atoms with E-state index in [0.717, 1.165) is 91.0 Å². The molecule has 62 heavy (non-hydrogen) atoms. The topological polar surface area (TPSA) is 88.6 Å². The number of nitrogens with one attached hydrogen (secondary N) is 1. The Labute approximate surface area is 361 Å². The van der Waals surface area contributed by atoms with E-state index in [1.807, 2.05) is 78.9 Å². The van der Waals surface area contributed by atoms with Crippen molar-refractivity contribution in [3.8, 4) is 33.9 Å². The highest BCUT2D eigenvalue weighted by Crippen LogP contribution is 2.42. The number of allylic oxidation sites excluding steroid dienone is 4. The second-order valence-electron chi connectivity index (χ2n) is 15.5. The number of amidine groups is 2. The lowest BCUT2D eigenvalue weighted by atomic mass is 9.99. The number of hydrogen-bond donors (Lipinski definition) is 1. The highest BCUT2D eigenvalue weighted by molar-refractivity contribution is 7.26. The summed E-state index contributed by atoms with van der Waals surface area (Å²) in [6, 6.07) is 56.6. The Morgan fingerprint density at radius 1 is 0.532 bits per heavy atom. The molecule has 3 aromatic heterocycles. The van der Waals surface area contributed by atoms with E-state index in [0.29, 0.717) is 17.5 Å². The van der Waals surface area contributed by atoms with E-state index in [1.165, 1.54) is 20.2 Å². The van der Waals surface area contributed by atoms with Crippen molar-refractivity contribution in [2.75, 3.05) is 0 Å². The molecule has 1 aliphatic carbocycles. The van der Waals surface area contributed by atoms with Crippen LogP contribution in [-0.2, 0) is 0 Å². The van der Waals surface area contributed by atoms with Gasteiger partial charge in [0.05, 0.1) is 0 Å². The largest absolute Gasteiger partial charge is 0.456 e. The van der Waals surface area contributed by atoms with Crippen LogP contribution < -0.4 is 5.32 Å². The van der Waals surface area contributed by atoms with E-state index in [4.69, 9.17) is 29.4 Å². The Morgan fingerprint density at radius 3 is 2.03 bits per heavy atom. The molecular formula is C54H36N6OS. The fourth-order valence-electron chi connectivity index (χ4n) is 8.61. The average molecular weight is 817 g/mol. The lowest BCUT2D eigenvalue weighted by Crippen LogP contribution is -2.36. The maximum atomic E-state index is 6.51. The van der Waals surface area contributed by atoms with Crippen molar-refractivity contribution in [1.82, 2.24) is 20.3 Å². The molecule has 12 rings (SSSR count). The van der Waals surface area contributed by atoms with Gasteiger partial charge in [0.15, 0.2) is 23.6 Å². The first-order valence-electron chi connectivity index (χ1n) is 20.8. The van der Waals surface area contributed by atoms with Gasteiger partial charge in [-0.05, 0) is 71.5 Å². The number of benzene rings is 7. The van der Waals surface area contributed by atoms with E-state index < -0.39 is 0 Å². The van der Waals surface area contributed by atoms with Gasteiger partial charge in [0.25, 0.3) is 0 Å². The van der Waals surface area contributed by atoms with Gasteiger partial charge in [-0.25, -0.2) is 24.9 Å². The van der Waals surface area contributed by atoms with E-state index in [9.17, 15) is 0 Å². The molecule has 7 nitrogen and oxygen atoms in total. The number of furan rings is 1. The zero-order valence-corrected chi connectivity index (χ0v) is 34.2. The van der Waals surface area contributed by atoms with Crippen molar-refractivity contribution in [3.63, 3.8) is 0 Å². The number of hydrogen-bond acceptors (Lipinski definition) is 8. The highest BCUT2D eigenvalue weighted by atomic mass is 32.1. The van der Waals surface area contributed by atoms with E-state index in [1.54, 1.807) is 11.3 Å². The summed E-state index contributed by atoms with van der Waals surface area (Å²) in [5.74, 6) is 3.60. The zero-order chi connectivity index (χ0) is 41.0. The Hall–Kier alpha value is -7.81. The summed E-state index contributed by atoms with van der Waals surface area (Å²) in [6.07, 6.45) is 7.86. The molecule has 0 amide bonds. The molecule has 2 aliphatic rings. The van der Waals surface area contributed by atoms with Crippen molar-refractivity contribution in [2.24, 2.45) is 9.98 Å². The molecule has 4 heterocycles. The molecule has 0 bridgehead atoms. The van der Waals surface area contributed by atoms with Gasteiger partial charge < -0.3 is 9.73 Å². The second kappa shape index (κ2) is 15.0. The Bertz CT molecular complexity index is 3490. The van der Waals surface area contributed by atoms with E-state index >= 15 is 0 Å². The van der Waals surface area contributed by atoms with Gasteiger partial charge in [-0.3, -0.25) is 0 Å². The molecule has 1 unspecified atom stereocenters. The summed E-state index contributed by atoms with van der Waals surface area (Å²) >= 11 is 1.79. The minimum atomic E-state index is -0.363. The summed E-state index contributed by atoms with van der Waals surface area (Å²) in [7, 11) is 0. The number of aliphatic imine (C=N–C) groups is 2. The van der Waals surface area contributed by atoms with Crippen LogP contribution in [0.25, 0.3) is 81.6 Å². The molecule has 0 spiro atoms. The maximum Gasteiger partial charge on any atom is 0.169 e. The third-order valence-electron chi connectivity index (χ3n) is 11.7. The lowest BCUT2D eigenvalue weighted by Gasteiger charge is -2.22. The van der Waals surface area contributed by atoms with Gasteiger partial charge in [-0.2, -0.15) is 0 Å². The zero-order valence-electron chi connectivity index (χ0n) is 33.4. The SMILES string of the molecule is C1=CCCC(c2nc(-c3ccccc3)nc(-c3cccc4oc5ccc(-c6ccc7sc8c(C9=NC(c%10ccccc%10)N=C(c%10ccccc%10)N9)cccc8c7c6)cc5c34)n2)=C1. The van der Waals surface area contributed by atoms with Gasteiger partial charge in [0, 0.05) is 53.2 Å². The molecule has 1 aliphatic heterocycles. The first kappa shape index (κ1) is 36.1. The Kier molecular flexibility index (Phi) is 8.74. The molecule has 0 radical (unpaired) electrons. The molecule has 0 saturated heterocycles. The first-order chi connectivity index (χ1) is 30.7. The van der Waals surface area contributed by atoms with Crippen LogP contribution in [0.15, 0.2) is 196 Å². The molecule has 0 saturated carbocycles. The molecule has 294 valence electrons. The molecule has 10 aromatic rings.